The van der Waals surface area contributed by atoms with Crippen molar-refractivity contribution in [2.24, 2.45) is 4.99 Å². The molecule has 2 aromatic rings. The first-order chi connectivity index (χ1) is 13.8. The second-order valence-corrected chi connectivity index (χ2v) is 6.70. The molecule has 1 aliphatic heterocycles. The summed E-state index contributed by atoms with van der Waals surface area (Å²) in [5.41, 5.74) is 2.45. The summed E-state index contributed by atoms with van der Waals surface area (Å²) in [4.78, 5) is 9.21. The molecule has 28 heavy (non-hydrogen) atoms. The smallest absolute Gasteiger partial charge is 0.194 e. The number of guanidine groups is 1. The molecule has 0 bridgehead atoms. The topological polar surface area (TPSA) is 49.3 Å². The molecule has 0 aliphatic carbocycles. The molecule has 0 spiro atoms. The Bertz CT molecular complexity index is 743. The van der Waals surface area contributed by atoms with Gasteiger partial charge in [0.1, 0.15) is 12.4 Å². The molecule has 6 nitrogen and oxygen atoms in total. The molecular weight excluding hydrogens is 352 g/mol. The van der Waals surface area contributed by atoms with Gasteiger partial charge in [-0.25, -0.2) is 0 Å². The van der Waals surface area contributed by atoms with Gasteiger partial charge in [0.05, 0.1) is 6.61 Å². The van der Waals surface area contributed by atoms with Crippen LogP contribution in [0.2, 0.25) is 0 Å². The first-order valence-corrected chi connectivity index (χ1v) is 9.76. The van der Waals surface area contributed by atoms with Gasteiger partial charge in [0.25, 0.3) is 0 Å². The number of benzene rings is 2. The summed E-state index contributed by atoms with van der Waals surface area (Å²) >= 11 is 0. The van der Waals surface area contributed by atoms with Crippen molar-refractivity contribution in [1.82, 2.24) is 10.2 Å². The van der Waals surface area contributed by atoms with Crippen LogP contribution in [-0.2, 0) is 11.3 Å². The standard InChI is InChI=1S/C22H30N4O2/c1-23-22(24-18-19-7-6-10-21(17-19)28-16-15-27-2)26-13-11-25(12-14-26)20-8-4-3-5-9-20/h3-10,17H,11-16,18H2,1-2H3,(H,23,24). The normalized spacial score (nSPS) is 14.9. The third-order valence-corrected chi connectivity index (χ3v) is 4.82. The molecule has 1 N–H and O–H groups in total. The number of hydrogen-bond donors (Lipinski definition) is 1. The molecule has 6 heteroatoms. The van der Waals surface area contributed by atoms with E-state index in [4.69, 9.17) is 9.47 Å². The van der Waals surface area contributed by atoms with Crippen molar-refractivity contribution < 1.29 is 9.47 Å². The van der Waals surface area contributed by atoms with E-state index in [2.05, 4.69) is 62.6 Å². The Morgan fingerprint density at radius 2 is 1.79 bits per heavy atom. The molecule has 0 unspecified atom stereocenters. The first-order valence-electron chi connectivity index (χ1n) is 9.76. The largest absolute Gasteiger partial charge is 0.491 e. The van der Waals surface area contributed by atoms with Gasteiger partial charge in [0.2, 0.25) is 0 Å². The number of piperazine rings is 1. The summed E-state index contributed by atoms with van der Waals surface area (Å²) in [5.74, 6) is 1.81. The van der Waals surface area contributed by atoms with Crippen LogP contribution >= 0.6 is 0 Å². The fourth-order valence-electron chi connectivity index (χ4n) is 3.32. The predicted octanol–water partition coefficient (Wildman–Crippen LogP) is 2.61. The fourth-order valence-corrected chi connectivity index (χ4v) is 3.32. The molecule has 2 aromatic carbocycles. The minimum atomic E-state index is 0.556. The Kier molecular flexibility index (Phi) is 7.55. The maximum atomic E-state index is 5.69. The number of methoxy groups -OCH3 is 1. The Morgan fingerprint density at radius 1 is 1.00 bits per heavy atom. The van der Waals surface area contributed by atoms with Crippen molar-refractivity contribution in [3.8, 4) is 5.75 Å². The van der Waals surface area contributed by atoms with Crippen LogP contribution in [0.5, 0.6) is 5.75 Å². The van der Waals surface area contributed by atoms with Crippen molar-refractivity contribution in [2.45, 2.75) is 6.54 Å². The van der Waals surface area contributed by atoms with Crippen molar-refractivity contribution >= 4 is 11.6 Å². The van der Waals surface area contributed by atoms with Crippen molar-refractivity contribution in [1.29, 1.82) is 0 Å². The summed E-state index contributed by atoms with van der Waals surface area (Å²) in [5, 5.41) is 3.48. The fraction of sp³-hybridized carbons (Fsp3) is 0.409. The zero-order chi connectivity index (χ0) is 19.6. The molecule has 0 radical (unpaired) electrons. The van der Waals surface area contributed by atoms with Crippen LogP contribution in [0.4, 0.5) is 5.69 Å². The molecule has 1 fully saturated rings. The molecule has 0 saturated carbocycles. The molecule has 1 saturated heterocycles. The van der Waals surface area contributed by atoms with Gasteiger partial charge in [-0.2, -0.15) is 0 Å². The second kappa shape index (κ2) is 10.6. The van der Waals surface area contributed by atoms with Crippen LogP contribution in [0.3, 0.4) is 0 Å². The molecule has 1 aliphatic rings. The number of rotatable bonds is 7. The van der Waals surface area contributed by atoms with Gasteiger partial charge in [-0.1, -0.05) is 30.3 Å². The van der Waals surface area contributed by atoms with Gasteiger partial charge in [0.15, 0.2) is 5.96 Å². The zero-order valence-electron chi connectivity index (χ0n) is 16.8. The zero-order valence-corrected chi connectivity index (χ0v) is 16.8. The third-order valence-electron chi connectivity index (χ3n) is 4.82. The van der Waals surface area contributed by atoms with Gasteiger partial charge in [-0.3, -0.25) is 4.99 Å². The summed E-state index contributed by atoms with van der Waals surface area (Å²) in [6, 6.07) is 18.7. The average molecular weight is 383 g/mol. The van der Waals surface area contributed by atoms with Gasteiger partial charge in [0, 0.05) is 52.6 Å². The van der Waals surface area contributed by atoms with E-state index in [1.807, 2.05) is 19.2 Å². The van der Waals surface area contributed by atoms with Crippen LogP contribution in [0, 0.1) is 0 Å². The number of nitrogens with zero attached hydrogens (tertiary/aromatic N) is 3. The van der Waals surface area contributed by atoms with E-state index in [9.17, 15) is 0 Å². The minimum Gasteiger partial charge on any atom is -0.491 e. The van der Waals surface area contributed by atoms with E-state index >= 15 is 0 Å². The lowest BCUT2D eigenvalue weighted by Gasteiger charge is -2.37. The van der Waals surface area contributed by atoms with E-state index in [1.54, 1.807) is 7.11 Å². The van der Waals surface area contributed by atoms with Crippen LogP contribution in [0.15, 0.2) is 59.6 Å². The van der Waals surface area contributed by atoms with Crippen LogP contribution in [0.1, 0.15) is 5.56 Å². The van der Waals surface area contributed by atoms with Crippen LogP contribution in [0.25, 0.3) is 0 Å². The maximum Gasteiger partial charge on any atom is 0.194 e. The van der Waals surface area contributed by atoms with Gasteiger partial charge in [-0.15, -0.1) is 0 Å². The highest BCUT2D eigenvalue weighted by atomic mass is 16.5. The highest BCUT2D eigenvalue weighted by Crippen LogP contribution is 2.16. The van der Waals surface area contributed by atoms with Crippen LogP contribution < -0.4 is 15.0 Å². The Morgan fingerprint density at radius 3 is 2.50 bits per heavy atom. The number of nitrogens with one attached hydrogen (secondary N) is 1. The lowest BCUT2D eigenvalue weighted by Crippen LogP contribution is -2.52. The van der Waals surface area contributed by atoms with Crippen molar-refractivity contribution in [3.05, 3.63) is 60.2 Å². The third kappa shape index (κ3) is 5.63. The number of aliphatic imine (C=N–C) groups is 1. The number of hydrogen-bond acceptors (Lipinski definition) is 4. The summed E-state index contributed by atoms with van der Waals surface area (Å²) < 4.78 is 10.7. The van der Waals surface area contributed by atoms with E-state index in [1.165, 1.54) is 11.3 Å². The number of ether oxygens (including phenoxy) is 2. The van der Waals surface area contributed by atoms with Crippen molar-refractivity contribution in [3.63, 3.8) is 0 Å². The molecule has 0 atom stereocenters. The van der Waals surface area contributed by atoms with Gasteiger partial charge < -0.3 is 24.6 Å². The van der Waals surface area contributed by atoms with E-state index < -0.39 is 0 Å². The van der Waals surface area contributed by atoms with Gasteiger partial charge in [-0.05, 0) is 29.8 Å². The lowest BCUT2D eigenvalue weighted by atomic mass is 10.2. The maximum absolute atomic E-state index is 5.69. The van der Waals surface area contributed by atoms with Gasteiger partial charge >= 0.3 is 0 Å². The summed E-state index contributed by atoms with van der Waals surface area (Å²) in [7, 11) is 3.52. The average Bonchev–Trinajstić information content (AvgIpc) is 2.76. The highest BCUT2D eigenvalue weighted by Gasteiger charge is 2.19. The Hall–Kier alpha value is -2.73. The quantitative estimate of drug-likeness (QED) is 0.453. The summed E-state index contributed by atoms with van der Waals surface area (Å²) in [6.45, 7) is 5.75. The van der Waals surface area contributed by atoms with E-state index in [0.29, 0.717) is 19.8 Å². The Balaban J connectivity index is 1.49. The Labute approximate surface area is 167 Å². The lowest BCUT2D eigenvalue weighted by molar-refractivity contribution is 0.146. The van der Waals surface area contributed by atoms with E-state index in [0.717, 1.165) is 37.9 Å². The second-order valence-electron chi connectivity index (χ2n) is 6.70. The highest BCUT2D eigenvalue weighted by molar-refractivity contribution is 5.80. The summed E-state index contributed by atoms with van der Waals surface area (Å²) in [6.07, 6.45) is 0. The molecule has 1 heterocycles. The first kappa shape index (κ1) is 20.0. The monoisotopic (exact) mass is 382 g/mol. The van der Waals surface area contributed by atoms with Crippen molar-refractivity contribution in [2.75, 3.05) is 58.5 Å². The number of anilines is 1. The molecular formula is C22H30N4O2. The molecule has 3 rings (SSSR count). The predicted molar refractivity (Wildman–Crippen MR) is 114 cm³/mol. The minimum absolute atomic E-state index is 0.556. The molecule has 150 valence electrons. The SMILES string of the molecule is CN=C(NCc1cccc(OCCOC)c1)N1CCN(c2ccccc2)CC1. The number of para-hydroxylation sites is 1. The van der Waals surface area contributed by atoms with E-state index in [-0.39, 0.29) is 0 Å². The van der Waals surface area contributed by atoms with Crippen LogP contribution in [-0.4, -0.2) is 64.4 Å². The molecule has 0 aromatic heterocycles. The molecule has 0 amide bonds.